The van der Waals surface area contributed by atoms with Gasteiger partial charge >= 0.3 is 0 Å². The number of aryl methyl sites for hydroxylation is 1. The van der Waals surface area contributed by atoms with E-state index in [0.29, 0.717) is 0 Å². The van der Waals surface area contributed by atoms with Gasteiger partial charge in [-0.15, -0.1) is 11.3 Å². The van der Waals surface area contributed by atoms with Crippen LogP contribution in [-0.2, 0) is 0 Å². The first-order valence-electron chi connectivity index (χ1n) is 5.46. The molecule has 0 fully saturated rings. The number of carbonyl (C=O) groups excluding carboxylic acids is 1. The molecule has 0 aromatic carbocycles. The number of rotatable bonds is 6. The lowest BCUT2D eigenvalue weighted by atomic mass is 10.3. The third-order valence-corrected chi connectivity index (χ3v) is 3.63. The van der Waals surface area contributed by atoms with Crippen LogP contribution in [0, 0.1) is 6.92 Å². The first-order valence-corrected chi connectivity index (χ1v) is 7.46. The van der Waals surface area contributed by atoms with Crippen LogP contribution in [0.1, 0.15) is 35.1 Å². The molecule has 0 spiro atoms. The Bertz CT molecular complexity index is 340. The van der Waals surface area contributed by atoms with Gasteiger partial charge < -0.3 is 4.90 Å². The van der Waals surface area contributed by atoms with Gasteiger partial charge in [0, 0.05) is 18.4 Å². The van der Waals surface area contributed by atoms with E-state index in [2.05, 4.69) is 27.8 Å². The lowest BCUT2D eigenvalue weighted by Gasteiger charge is -2.20. The quantitative estimate of drug-likeness (QED) is 0.757. The maximum atomic E-state index is 12.2. The van der Waals surface area contributed by atoms with E-state index in [4.69, 9.17) is 0 Å². The fraction of sp³-hybridized carbons (Fsp3) is 0.636. The second-order valence-corrected chi connectivity index (χ2v) is 5.25. The van der Waals surface area contributed by atoms with Crippen molar-refractivity contribution in [1.82, 2.24) is 9.88 Å². The Balaban J connectivity index is 2.70. The van der Waals surface area contributed by atoms with Gasteiger partial charge in [-0.25, -0.2) is 4.98 Å². The van der Waals surface area contributed by atoms with Crippen molar-refractivity contribution >= 4 is 33.2 Å². The summed E-state index contributed by atoms with van der Waals surface area (Å²) in [5.41, 5.74) is 2.57. The van der Waals surface area contributed by atoms with E-state index in [0.717, 1.165) is 41.8 Å². The van der Waals surface area contributed by atoms with E-state index in [1.54, 1.807) is 5.51 Å². The van der Waals surface area contributed by atoms with Gasteiger partial charge in [-0.05, 0) is 13.3 Å². The number of carbonyl (C=O) groups is 1. The van der Waals surface area contributed by atoms with Crippen molar-refractivity contribution in [3.8, 4) is 0 Å². The molecular formula is C11H17BrN2OS. The van der Waals surface area contributed by atoms with Crippen LogP contribution in [-0.4, -0.2) is 34.2 Å². The minimum atomic E-state index is 0.118. The summed E-state index contributed by atoms with van der Waals surface area (Å²) < 4.78 is 0. The van der Waals surface area contributed by atoms with Crippen LogP contribution in [0.5, 0.6) is 0 Å². The molecule has 0 saturated heterocycles. The minimum absolute atomic E-state index is 0.118. The molecule has 3 nitrogen and oxygen atoms in total. The number of amides is 1. The molecule has 0 aliphatic heterocycles. The summed E-state index contributed by atoms with van der Waals surface area (Å²) in [4.78, 5) is 19.0. The molecule has 90 valence electrons. The lowest BCUT2D eigenvalue weighted by molar-refractivity contribution is 0.0768. The van der Waals surface area contributed by atoms with Gasteiger partial charge in [0.25, 0.3) is 5.91 Å². The average molecular weight is 305 g/mol. The van der Waals surface area contributed by atoms with Crippen LogP contribution in [0.15, 0.2) is 5.51 Å². The highest BCUT2D eigenvalue weighted by Crippen LogP contribution is 2.15. The van der Waals surface area contributed by atoms with E-state index in [-0.39, 0.29) is 5.91 Å². The summed E-state index contributed by atoms with van der Waals surface area (Å²) in [6.45, 7) is 5.61. The maximum Gasteiger partial charge on any atom is 0.265 e. The number of alkyl halides is 1. The molecule has 0 atom stereocenters. The van der Waals surface area contributed by atoms with Crippen molar-refractivity contribution in [3.05, 3.63) is 16.1 Å². The summed E-state index contributed by atoms with van der Waals surface area (Å²) in [6.07, 6.45) is 2.16. The normalized spacial score (nSPS) is 10.4. The molecule has 0 bridgehead atoms. The van der Waals surface area contributed by atoms with Crippen LogP contribution < -0.4 is 0 Å². The second-order valence-electron chi connectivity index (χ2n) is 3.60. The lowest BCUT2D eigenvalue weighted by Crippen LogP contribution is -2.33. The Kier molecular flexibility index (Phi) is 5.98. The SMILES string of the molecule is CCCCN(CCBr)C(=O)c1scnc1C. The molecule has 16 heavy (non-hydrogen) atoms. The van der Waals surface area contributed by atoms with Gasteiger partial charge in [-0.2, -0.15) is 0 Å². The molecule has 5 heteroatoms. The molecule has 1 amide bonds. The van der Waals surface area contributed by atoms with E-state index < -0.39 is 0 Å². The Morgan fingerprint density at radius 1 is 1.56 bits per heavy atom. The van der Waals surface area contributed by atoms with Crippen molar-refractivity contribution in [2.24, 2.45) is 0 Å². The largest absolute Gasteiger partial charge is 0.337 e. The highest BCUT2D eigenvalue weighted by Gasteiger charge is 2.18. The van der Waals surface area contributed by atoms with Gasteiger partial charge in [-0.1, -0.05) is 29.3 Å². The smallest absolute Gasteiger partial charge is 0.265 e. The number of thiazole rings is 1. The fourth-order valence-corrected chi connectivity index (χ4v) is 2.61. The molecule has 0 aliphatic rings. The summed E-state index contributed by atoms with van der Waals surface area (Å²) >= 11 is 4.81. The van der Waals surface area contributed by atoms with Crippen LogP contribution in [0.3, 0.4) is 0 Å². The predicted molar refractivity (Wildman–Crippen MR) is 71.5 cm³/mol. The Morgan fingerprint density at radius 2 is 2.31 bits per heavy atom. The molecule has 0 unspecified atom stereocenters. The first-order chi connectivity index (χ1) is 7.70. The Hall–Kier alpha value is -0.420. The molecular weight excluding hydrogens is 288 g/mol. The third-order valence-electron chi connectivity index (χ3n) is 2.36. The molecule has 0 aliphatic carbocycles. The minimum Gasteiger partial charge on any atom is -0.337 e. The van der Waals surface area contributed by atoms with Crippen molar-refractivity contribution in [1.29, 1.82) is 0 Å². The maximum absolute atomic E-state index is 12.2. The van der Waals surface area contributed by atoms with E-state index in [9.17, 15) is 4.79 Å². The molecule has 1 aromatic heterocycles. The van der Waals surface area contributed by atoms with E-state index in [1.165, 1.54) is 11.3 Å². The van der Waals surface area contributed by atoms with Crippen LogP contribution in [0.4, 0.5) is 0 Å². The molecule has 1 heterocycles. The van der Waals surface area contributed by atoms with Crippen molar-refractivity contribution < 1.29 is 4.79 Å². The van der Waals surface area contributed by atoms with Gasteiger partial charge in [0.1, 0.15) is 4.88 Å². The average Bonchev–Trinajstić information content (AvgIpc) is 2.69. The molecule has 0 radical (unpaired) electrons. The second kappa shape index (κ2) is 7.01. The molecule has 1 aromatic rings. The number of hydrogen-bond donors (Lipinski definition) is 0. The highest BCUT2D eigenvalue weighted by atomic mass is 79.9. The first kappa shape index (κ1) is 13.6. The van der Waals surface area contributed by atoms with E-state index in [1.807, 2.05) is 11.8 Å². The summed E-state index contributed by atoms with van der Waals surface area (Å²) in [7, 11) is 0. The Morgan fingerprint density at radius 3 is 2.81 bits per heavy atom. The number of halogens is 1. The van der Waals surface area contributed by atoms with Crippen molar-refractivity contribution in [2.45, 2.75) is 26.7 Å². The standard InChI is InChI=1S/C11H17BrN2OS/c1-3-4-6-14(7-5-12)11(15)10-9(2)13-8-16-10/h8H,3-7H2,1-2H3. The van der Waals surface area contributed by atoms with Crippen LogP contribution >= 0.6 is 27.3 Å². The highest BCUT2D eigenvalue weighted by molar-refractivity contribution is 9.09. The predicted octanol–water partition coefficient (Wildman–Crippen LogP) is 3.09. The fourth-order valence-electron chi connectivity index (χ4n) is 1.42. The molecule has 1 rings (SSSR count). The van der Waals surface area contributed by atoms with Gasteiger partial charge in [0.05, 0.1) is 11.2 Å². The van der Waals surface area contributed by atoms with Gasteiger partial charge in [0.2, 0.25) is 0 Å². The van der Waals surface area contributed by atoms with Gasteiger partial charge in [0.15, 0.2) is 0 Å². The molecule has 0 N–H and O–H groups in total. The summed E-state index contributed by atoms with van der Waals surface area (Å²) in [5.74, 6) is 0.118. The topological polar surface area (TPSA) is 33.2 Å². The zero-order chi connectivity index (χ0) is 12.0. The zero-order valence-electron chi connectivity index (χ0n) is 9.70. The Labute approximate surface area is 109 Å². The van der Waals surface area contributed by atoms with Crippen molar-refractivity contribution in [2.75, 3.05) is 18.4 Å². The number of aromatic nitrogens is 1. The zero-order valence-corrected chi connectivity index (χ0v) is 12.1. The summed E-state index contributed by atoms with van der Waals surface area (Å²) in [5, 5.41) is 0.820. The van der Waals surface area contributed by atoms with E-state index >= 15 is 0 Å². The number of hydrogen-bond acceptors (Lipinski definition) is 3. The summed E-state index contributed by atoms with van der Waals surface area (Å²) in [6, 6.07) is 0. The number of nitrogens with zero attached hydrogens (tertiary/aromatic N) is 2. The molecule has 0 saturated carbocycles. The van der Waals surface area contributed by atoms with Crippen LogP contribution in [0.25, 0.3) is 0 Å². The van der Waals surface area contributed by atoms with Gasteiger partial charge in [-0.3, -0.25) is 4.79 Å². The van der Waals surface area contributed by atoms with Crippen LogP contribution in [0.2, 0.25) is 0 Å². The third kappa shape index (κ3) is 3.56. The monoisotopic (exact) mass is 304 g/mol. The van der Waals surface area contributed by atoms with Crippen molar-refractivity contribution in [3.63, 3.8) is 0 Å². The number of unbranched alkanes of at least 4 members (excludes halogenated alkanes) is 1.